The van der Waals surface area contributed by atoms with E-state index in [1.54, 1.807) is 31.2 Å². The summed E-state index contributed by atoms with van der Waals surface area (Å²) in [6.45, 7) is 7.72. The maximum atomic E-state index is 13.2. The Morgan fingerprint density at radius 2 is 1.58 bits per heavy atom. The molecule has 31 heavy (non-hydrogen) atoms. The van der Waals surface area contributed by atoms with E-state index in [9.17, 15) is 9.59 Å². The van der Waals surface area contributed by atoms with Crippen molar-refractivity contribution < 1.29 is 23.8 Å². The van der Waals surface area contributed by atoms with Gasteiger partial charge in [0.25, 0.3) is 0 Å². The van der Waals surface area contributed by atoms with Crippen molar-refractivity contribution in [1.82, 2.24) is 0 Å². The summed E-state index contributed by atoms with van der Waals surface area (Å²) in [7, 11) is 0. The standard InChI is InChI=1S/C26H30O5/c1-5-23(29-18-21-12-8-6-9-13-21)25(20(4)24(16-17-27)30-19(2)3)26(28)31-22-14-10-7-11-15-22/h6-15,17,19H,5,16,18H2,1-4H3/b24-20+,25-23-. The summed E-state index contributed by atoms with van der Waals surface area (Å²) in [5.74, 6) is 0.791. The molecule has 0 radical (unpaired) electrons. The van der Waals surface area contributed by atoms with Crippen molar-refractivity contribution in [2.24, 2.45) is 0 Å². The highest BCUT2D eigenvalue weighted by atomic mass is 16.5. The van der Waals surface area contributed by atoms with Crippen LogP contribution in [0.4, 0.5) is 0 Å². The third kappa shape index (κ3) is 7.45. The van der Waals surface area contributed by atoms with E-state index in [0.29, 0.717) is 35.9 Å². The lowest BCUT2D eigenvalue weighted by molar-refractivity contribution is -0.130. The summed E-state index contributed by atoms with van der Waals surface area (Å²) in [4.78, 5) is 24.5. The van der Waals surface area contributed by atoms with Gasteiger partial charge < -0.3 is 19.0 Å². The van der Waals surface area contributed by atoms with Crippen LogP contribution in [0.5, 0.6) is 5.75 Å². The van der Waals surface area contributed by atoms with E-state index >= 15 is 0 Å². The molecule has 0 bridgehead atoms. The van der Waals surface area contributed by atoms with Crippen LogP contribution in [-0.2, 0) is 25.7 Å². The number of aldehydes is 1. The van der Waals surface area contributed by atoms with Gasteiger partial charge in [-0.2, -0.15) is 0 Å². The molecule has 5 heteroatoms. The van der Waals surface area contributed by atoms with Gasteiger partial charge in [0.05, 0.1) is 12.5 Å². The highest BCUT2D eigenvalue weighted by Gasteiger charge is 2.24. The molecule has 0 heterocycles. The largest absolute Gasteiger partial charge is 0.495 e. The lowest BCUT2D eigenvalue weighted by atomic mass is 10.0. The van der Waals surface area contributed by atoms with Crippen molar-refractivity contribution in [3.8, 4) is 5.75 Å². The Hall–Kier alpha value is -3.34. The van der Waals surface area contributed by atoms with Crippen molar-refractivity contribution in [1.29, 1.82) is 0 Å². The van der Waals surface area contributed by atoms with E-state index in [2.05, 4.69) is 0 Å². The second kappa shape index (κ2) is 12.4. The van der Waals surface area contributed by atoms with Crippen LogP contribution in [0.1, 0.15) is 46.1 Å². The van der Waals surface area contributed by atoms with Crippen molar-refractivity contribution in [2.75, 3.05) is 0 Å². The van der Waals surface area contributed by atoms with Gasteiger partial charge in [-0.25, -0.2) is 4.79 Å². The van der Waals surface area contributed by atoms with Crippen LogP contribution in [-0.4, -0.2) is 18.4 Å². The Kier molecular flexibility index (Phi) is 9.56. The zero-order chi connectivity index (χ0) is 22.6. The molecule has 0 aliphatic carbocycles. The minimum Gasteiger partial charge on any atom is -0.495 e. The summed E-state index contributed by atoms with van der Waals surface area (Å²) in [5.41, 5.74) is 1.80. The van der Waals surface area contributed by atoms with Crippen LogP contribution >= 0.6 is 0 Å². The minimum atomic E-state index is -0.552. The van der Waals surface area contributed by atoms with Crippen molar-refractivity contribution >= 4 is 12.3 Å². The Morgan fingerprint density at radius 3 is 2.13 bits per heavy atom. The first-order chi connectivity index (χ1) is 15.0. The highest BCUT2D eigenvalue weighted by molar-refractivity contribution is 5.95. The molecule has 0 aromatic heterocycles. The number of allylic oxidation sites excluding steroid dienone is 2. The molecule has 5 nitrogen and oxygen atoms in total. The minimum absolute atomic E-state index is 0.0574. The Bertz CT molecular complexity index is 911. The summed E-state index contributed by atoms with van der Waals surface area (Å²) < 4.78 is 17.5. The second-order valence-corrected chi connectivity index (χ2v) is 7.21. The van der Waals surface area contributed by atoms with Gasteiger partial charge in [0.2, 0.25) is 0 Å². The molecule has 0 fully saturated rings. The van der Waals surface area contributed by atoms with Gasteiger partial charge in [-0.15, -0.1) is 0 Å². The van der Waals surface area contributed by atoms with Gasteiger partial charge in [-0.1, -0.05) is 55.5 Å². The highest BCUT2D eigenvalue weighted by Crippen LogP contribution is 2.27. The van der Waals surface area contributed by atoms with Gasteiger partial charge >= 0.3 is 5.97 Å². The molecule has 164 valence electrons. The first kappa shape index (κ1) is 23.9. The molecule has 0 aliphatic rings. The molecule has 0 atom stereocenters. The number of rotatable bonds is 11. The Labute approximate surface area is 184 Å². The number of para-hydroxylation sites is 1. The average molecular weight is 423 g/mol. The third-order valence-corrected chi connectivity index (χ3v) is 4.45. The van der Waals surface area contributed by atoms with Gasteiger partial charge in [-0.3, -0.25) is 0 Å². The molecule has 2 aromatic carbocycles. The molecule has 0 unspecified atom stereocenters. The predicted octanol–water partition coefficient (Wildman–Crippen LogP) is 5.76. The Balaban J connectivity index is 2.48. The van der Waals surface area contributed by atoms with Crippen molar-refractivity contribution in [2.45, 2.75) is 53.2 Å². The van der Waals surface area contributed by atoms with Gasteiger partial charge in [0.1, 0.15) is 35.7 Å². The summed E-state index contributed by atoms with van der Waals surface area (Å²) in [6, 6.07) is 18.6. The maximum Gasteiger partial charge on any atom is 0.347 e. The first-order valence-electron chi connectivity index (χ1n) is 10.4. The number of esters is 1. The molecule has 0 spiro atoms. The van der Waals surface area contributed by atoms with Crippen molar-refractivity contribution in [3.63, 3.8) is 0 Å². The van der Waals surface area contributed by atoms with Gasteiger partial charge in [0, 0.05) is 12.0 Å². The van der Waals surface area contributed by atoms with Crippen LogP contribution in [0.15, 0.2) is 83.3 Å². The number of carbonyl (C=O) groups excluding carboxylic acids is 2. The zero-order valence-corrected chi connectivity index (χ0v) is 18.6. The maximum absolute atomic E-state index is 13.2. The third-order valence-electron chi connectivity index (χ3n) is 4.45. The van der Waals surface area contributed by atoms with E-state index in [-0.39, 0.29) is 18.1 Å². The lowest BCUT2D eigenvalue weighted by Gasteiger charge is -2.20. The number of ether oxygens (including phenoxy) is 3. The molecule has 0 saturated heterocycles. The van der Waals surface area contributed by atoms with E-state index in [1.165, 1.54) is 0 Å². The monoisotopic (exact) mass is 422 g/mol. The van der Waals surface area contributed by atoms with Crippen LogP contribution < -0.4 is 4.74 Å². The quantitative estimate of drug-likeness (QED) is 0.115. The number of benzene rings is 2. The average Bonchev–Trinajstić information content (AvgIpc) is 2.77. The molecular formula is C26H30O5. The van der Waals surface area contributed by atoms with E-state index < -0.39 is 5.97 Å². The molecule has 2 rings (SSSR count). The van der Waals surface area contributed by atoms with E-state index in [4.69, 9.17) is 14.2 Å². The van der Waals surface area contributed by atoms with Gasteiger partial charge in [-0.05, 0) is 38.5 Å². The summed E-state index contributed by atoms with van der Waals surface area (Å²) in [6.07, 6.45) is 1.14. The fraction of sp³-hybridized carbons (Fsp3) is 0.308. The van der Waals surface area contributed by atoms with Crippen molar-refractivity contribution in [3.05, 3.63) is 88.9 Å². The predicted molar refractivity (Wildman–Crippen MR) is 120 cm³/mol. The molecular weight excluding hydrogens is 392 g/mol. The molecule has 0 aliphatic heterocycles. The zero-order valence-electron chi connectivity index (χ0n) is 18.6. The normalized spacial score (nSPS) is 12.5. The SMILES string of the molecule is CC/C(OCc1ccccc1)=C(C(=O)Oc1ccccc1)\C(C)=C(/CC=O)OC(C)C. The van der Waals surface area contributed by atoms with Crippen LogP contribution in [0.3, 0.4) is 0 Å². The number of carbonyl (C=O) groups is 2. The number of hydrogen-bond acceptors (Lipinski definition) is 5. The first-order valence-corrected chi connectivity index (χ1v) is 10.4. The van der Waals surface area contributed by atoms with Crippen LogP contribution in [0, 0.1) is 0 Å². The van der Waals surface area contributed by atoms with Crippen LogP contribution in [0.2, 0.25) is 0 Å². The molecule has 0 amide bonds. The number of hydrogen-bond donors (Lipinski definition) is 0. The van der Waals surface area contributed by atoms with Gasteiger partial charge in [0.15, 0.2) is 0 Å². The lowest BCUT2D eigenvalue weighted by Crippen LogP contribution is -2.18. The fourth-order valence-electron chi connectivity index (χ4n) is 3.01. The van der Waals surface area contributed by atoms with E-state index in [1.807, 2.05) is 57.2 Å². The second-order valence-electron chi connectivity index (χ2n) is 7.21. The summed E-state index contributed by atoms with van der Waals surface area (Å²) >= 11 is 0. The molecule has 0 saturated carbocycles. The van der Waals surface area contributed by atoms with Crippen LogP contribution in [0.25, 0.3) is 0 Å². The molecule has 2 aromatic rings. The summed E-state index contributed by atoms with van der Waals surface area (Å²) in [5, 5.41) is 0. The fourth-order valence-corrected chi connectivity index (χ4v) is 3.01. The van der Waals surface area contributed by atoms with E-state index in [0.717, 1.165) is 11.8 Å². The Morgan fingerprint density at radius 1 is 0.968 bits per heavy atom. The molecule has 0 N–H and O–H groups in total. The smallest absolute Gasteiger partial charge is 0.347 e. The topological polar surface area (TPSA) is 61.8 Å².